The molecule has 3 heterocycles. The second-order valence-electron chi connectivity index (χ2n) is 13.0. The third-order valence-corrected chi connectivity index (χ3v) is 8.16. The lowest BCUT2D eigenvalue weighted by Crippen LogP contribution is -2.62. The summed E-state index contributed by atoms with van der Waals surface area (Å²) in [5.74, 6) is -0.526. The Kier molecular flexibility index (Phi) is 7.62. The SMILES string of the molecule is CC(C)(C)n1ccn([B-](OC(=O)c2ccccc2)(n2ccn(C(C)(C)C)c2=S)n2ccn(C(C)(C)C)c2=S)c1=S. The van der Waals surface area contributed by atoms with Gasteiger partial charge in [-0.05, 0) is 130 Å². The van der Waals surface area contributed by atoms with Crippen molar-refractivity contribution >= 4 is 49.4 Å². The van der Waals surface area contributed by atoms with Gasteiger partial charge in [-0.1, -0.05) is 18.2 Å². The van der Waals surface area contributed by atoms with E-state index in [1.165, 1.54) is 0 Å². The highest BCUT2D eigenvalue weighted by molar-refractivity contribution is 7.71. The van der Waals surface area contributed by atoms with Gasteiger partial charge in [0.15, 0.2) is 0 Å². The Balaban J connectivity index is 2.19. The van der Waals surface area contributed by atoms with Gasteiger partial charge in [-0.3, -0.25) is 4.79 Å². The highest BCUT2D eigenvalue weighted by atomic mass is 32.1. The molecule has 0 aliphatic heterocycles. The summed E-state index contributed by atoms with van der Waals surface area (Å²) in [6.07, 6.45) is 11.3. The minimum Gasteiger partial charge on any atom is -0.631 e. The Morgan fingerprint density at radius 2 is 0.925 bits per heavy atom. The largest absolute Gasteiger partial charge is 0.631 e. The molecule has 4 rings (SSSR count). The molecule has 8 nitrogen and oxygen atoms in total. The van der Waals surface area contributed by atoms with Crippen molar-refractivity contribution in [2.24, 2.45) is 0 Å². The molecule has 0 atom stereocenters. The van der Waals surface area contributed by atoms with Crippen molar-refractivity contribution in [3.05, 3.63) is 87.4 Å². The van der Waals surface area contributed by atoms with Crippen LogP contribution in [-0.4, -0.2) is 39.9 Å². The molecule has 1 aromatic carbocycles. The van der Waals surface area contributed by atoms with Crippen LogP contribution in [0.1, 0.15) is 72.7 Å². The zero-order valence-electron chi connectivity index (χ0n) is 24.7. The lowest BCUT2D eigenvalue weighted by molar-refractivity contribution is 0.0700. The molecule has 0 aliphatic carbocycles. The lowest BCUT2D eigenvalue weighted by atomic mass is 9.79. The number of nitrogens with zero attached hydrogens (tertiary/aromatic N) is 6. The lowest BCUT2D eigenvalue weighted by Gasteiger charge is -2.44. The van der Waals surface area contributed by atoms with Crippen LogP contribution in [0.25, 0.3) is 0 Å². The fraction of sp³-hybridized carbons (Fsp3) is 0.429. The molecule has 3 aromatic heterocycles. The van der Waals surface area contributed by atoms with Gasteiger partial charge in [0.1, 0.15) is 14.3 Å². The molecular weight excluding hydrogens is 559 g/mol. The zero-order valence-corrected chi connectivity index (χ0v) is 27.1. The quantitative estimate of drug-likeness (QED) is 0.180. The van der Waals surface area contributed by atoms with Crippen LogP contribution in [0, 0.1) is 14.3 Å². The molecule has 0 aliphatic rings. The van der Waals surface area contributed by atoms with E-state index in [-0.39, 0.29) is 16.6 Å². The first kappa shape index (κ1) is 30.0. The first-order valence-corrected chi connectivity index (χ1v) is 14.5. The second-order valence-corrected chi connectivity index (χ2v) is 14.1. The fourth-order valence-electron chi connectivity index (χ4n) is 4.83. The molecule has 0 amide bonds. The molecule has 0 saturated heterocycles. The average molecular weight is 598 g/mol. The number of imidazole rings is 3. The summed E-state index contributed by atoms with van der Waals surface area (Å²) >= 11 is 18.2. The van der Waals surface area contributed by atoms with Crippen LogP contribution in [-0.2, 0) is 21.3 Å². The van der Waals surface area contributed by atoms with Crippen molar-refractivity contribution in [1.82, 2.24) is 27.1 Å². The molecule has 4 aromatic rings. The molecule has 0 spiro atoms. The van der Waals surface area contributed by atoms with E-state index in [0.717, 1.165) is 0 Å². The number of hydrogen-bond acceptors (Lipinski definition) is 5. The Labute approximate surface area is 251 Å². The van der Waals surface area contributed by atoms with Gasteiger partial charge >= 0.3 is 6.75 Å². The molecule has 0 saturated carbocycles. The van der Waals surface area contributed by atoms with Crippen molar-refractivity contribution in [3.8, 4) is 0 Å². The number of hydrogen-bond donors (Lipinski definition) is 0. The predicted molar refractivity (Wildman–Crippen MR) is 169 cm³/mol. The predicted octanol–water partition coefficient (Wildman–Crippen LogP) is 7.19. The van der Waals surface area contributed by atoms with E-state index in [2.05, 4.69) is 62.3 Å². The summed E-state index contributed by atoms with van der Waals surface area (Å²) in [7, 11) is 0. The van der Waals surface area contributed by atoms with E-state index in [9.17, 15) is 4.79 Å². The summed E-state index contributed by atoms with van der Waals surface area (Å²) in [5, 5.41) is 0. The molecule has 12 heteroatoms. The number of carbonyl (C=O) groups excluding carboxylic acids is 1. The summed E-state index contributed by atoms with van der Waals surface area (Å²) in [6.45, 7) is 15.9. The van der Waals surface area contributed by atoms with Crippen LogP contribution in [0.3, 0.4) is 0 Å². The molecule has 214 valence electrons. The first-order valence-electron chi connectivity index (χ1n) is 13.3. The van der Waals surface area contributed by atoms with E-state index >= 15 is 0 Å². The number of rotatable bonds is 5. The van der Waals surface area contributed by atoms with E-state index < -0.39 is 12.7 Å². The molecule has 0 fully saturated rings. The Morgan fingerprint density at radius 3 is 1.20 bits per heavy atom. The first-order chi connectivity index (χ1) is 18.4. The van der Waals surface area contributed by atoms with Gasteiger partial charge in [-0.15, -0.1) is 0 Å². The minimum absolute atomic E-state index is 0.328. The molecule has 0 N–H and O–H groups in total. The van der Waals surface area contributed by atoms with E-state index in [0.29, 0.717) is 19.9 Å². The molecular formula is C28H38BN6O2S3-. The number of benzene rings is 1. The van der Waals surface area contributed by atoms with Gasteiger partial charge < -0.3 is 31.8 Å². The van der Waals surface area contributed by atoms with Crippen LogP contribution in [0.4, 0.5) is 0 Å². The number of aromatic nitrogens is 6. The maximum absolute atomic E-state index is 14.0. The van der Waals surface area contributed by atoms with Gasteiger partial charge in [0, 0.05) is 35.2 Å². The molecule has 40 heavy (non-hydrogen) atoms. The molecule has 0 radical (unpaired) electrons. The highest BCUT2D eigenvalue weighted by Gasteiger charge is 2.42. The standard InChI is InChI=1S/C28H38BN6O2S3/c1-26(2,3)30-15-18-33(23(30)38)29(37-22(36)21-13-11-10-12-14-21,34-19-16-31(24(34)39)27(4,5)6)35-20-17-32(25(35)40)28(7,8)9/h10-20H,1-9H3/q-1. The van der Waals surface area contributed by atoms with Crippen molar-refractivity contribution < 1.29 is 9.45 Å². The van der Waals surface area contributed by atoms with E-state index in [4.69, 9.17) is 41.3 Å². The smallest absolute Gasteiger partial charge is 0.497 e. The molecule has 0 unspecified atom stereocenters. The van der Waals surface area contributed by atoms with Gasteiger partial charge in [-0.2, -0.15) is 0 Å². The summed E-state index contributed by atoms with van der Waals surface area (Å²) in [5.41, 5.74) is -0.583. The monoisotopic (exact) mass is 597 g/mol. The normalized spacial score (nSPS) is 13.0. The van der Waals surface area contributed by atoms with Crippen molar-refractivity contribution in [3.63, 3.8) is 0 Å². The molecule has 0 bridgehead atoms. The van der Waals surface area contributed by atoms with Crippen molar-refractivity contribution in [2.75, 3.05) is 0 Å². The van der Waals surface area contributed by atoms with Gasteiger partial charge in [-0.25, -0.2) is 0 Å². The van der Waals surface area contributed by atoms with Crippen LogP contribution in [0.5, 0.6) is 0 Å². The second kappa shape index (κ2) is 10.1. The van der Waals surface area contributed by atoms with Crippen molar-refractivity contribution in [2.45, 2.75) is 78.9 Å². The van der Waals surface area contributed by atoms with Gasteiger partial charge in [0.2, 0.25) is 0 Å². The van der Waals surface area contributed by atoms with Crippen LogP contribution in [0.15, 0.2) is 67.5 Å². The maximum atomic E-state index is 14.0. The average Bonchev–Trinajstić information content (AvgIpc) is 3.54. The Morgan fingerprint density at radius 1 is 0.600 bits per heavy atom. The number of carbonyl (C=O) groups is 1. The highest BCUT2D eigenvalue weighted by Crippen LogP contribution is 2.27. The van der Waals surface area contributed by atoms with Crippen molar-refractivity contribution in [1.29, 1.82) is 0 Å². The van der Waals surface area contributed by atoms with E-state index in [1.54, 1.807) is 24.3 Å². The van der Waals surface area contributed by atoms with Crippen LogP contribution >= 0.6 is 36.7 Å². The summed E-state index contributed by atoms with van der Waals surface area (Å²) < 4.78 is 19.4. The van der Waals surface area contributed by atoms with Gasteiger partial charge in [0.05, 0.1) is 5.56 Å². The Bertz CT molecular complexity index is 1560. The van der Waals surface area contributed by atoms with E-state index in [1.807, 2.05) is 70.4 Å². The third kappa shape index (κ3) is 5.12. The zero-order chi connectivity index (χ0) is 29.8. The minimum atomic E-state index is -2.73. The summed E-state index contributed by atoms with van der Waals surface area (Å²) in [4.78, 5) is 14.0. The van der Waals surface area contributed by atoms with Crippen LogP contribution < -0.4 is 0 Å². The topological polar surface area (TPSA) is 55.9 Å². The Hall–Kier alpha value is -2.96. The third-order valence-electron chi connectivity index (χ3n) is 6.94. The van der Waals surface area contributed by atoms with Gasteiger partial charge in [0.25, 0.3) is 5.97 Å². The van der Waals surface area contributed by atoms with Crippen LogP contribution in [0.2, 0.25) is 0 Å². The maximum Gasteiger partial charge on any atom is 0.497 e. The summed E-state index contributed by atoms with van der Waals surface area (Å²) in [6, 6.07) is 8.91. The fourth-order valence-corrected chi connectivity index (χ4v) is 6.43.